The number of rotatable bonds is 13. The van der Waals surface area contributed by atoms with E-state index < -0.39 is 47.4 Å². The number of ether oxygens (including phenoxy) is 3. The number of amides is 2. The number of aliphatic hydroxyl groups excluding tert-OH is 1. The highest BCUT2D eigenvalue weighted by Gasteiger charge is 2.53. The standard InChI is InChI=1S/C23H35NO9/c1-14(2)20-23(5,6)33-22(30)24(20)21(29)15(3)19(32-16(4)26)18(28)10-9-17(27)8-7-12-31-13-11-25/h9-10,14-15,19-20,25H,7-8,11-13H2,1-6H3. The smallest absolute Gasteiger partial charge is 0.417 e. The summed E-state index contributed by atoms with van der Waals surface area (Å²) in [6.45, 7) is 9.93. The van der Waals surface area contributed by atoms with Gasteiger partial charge in [-0.2, -0.15) is 0 Å². The van der Waals surface area contributed by atoms with Crippen molar-refractivity contribution in [1.29, 1.82) is 0 Å². The zero-order valence-electron chi connectivity index (χ0n) is 20.2. The van der Waals surface area contributed by atoms with Crippen molar-refractivity contribution in [2.45, 2.75) is 72.1 Å². The molecule has 1 fully saturated rings. The molecule has 1 heterocycles. The second-order valence-corrected chi connectivity index (χ2v) is 8.83. The summed E-state index contributed by atoms with van der Waals surface area (Å²) >= 11 is 0. The summed E-state index contributed by atoms with van der Waals surface area (Å²) in [6, 6.07) is -0.571. The van der Waals surface area contributed by atoms with E-state index >= 15 is 0 Å². The van der Waals surface area contributed by atoms with Crippen LogP contribution in [0, 0.1) is 11.8 Å². The fourth-order valence-electron chi connectivity index (χ4n) is 3.89. The molecule has 0 bridgehead atoms. The monoisotopic (exact) mass is 469 g/mol. The second kappa shape index (κ2) is 12.6. The van der Waals surface area contributed by atoms with E-state index in [-0.39, 0.29) is 37.9 Å². The van der Waals surface area contributed by atoms with E-state index in [0.29, 0.717) is 6.42 Å². The summed E-state index contributed by atoms with van der Waals surface area (Å²) in [4.78, 5) is 63.0. The molecule has 10 heteroatoms. The number of esters is 1. The molecule has 0 aromatic heterocycles. The quantitative estimate of drug-likeness (QED) is 0.243. The third kappa shape index (κ3) is 8.04. The Balaban J connectivity index is 2.95. The first-order valence-electron chi connectivity index (χ1n) is 11.0. The first-order chi connectivity index (χ1) is 15.3. The van der Waals surface area contributed by atoms with Crippen LogP contribution >= 0.6 is 0 Å². The molecule has 1 N–H and O–H groups in total. The van der Waals surface area contributed by atoms with Gasteiger partial charge in [-0.25, -0.2) is 9.69 Å². The third-order valence-electron chi connectivity index (χ3n) is 5.20. The number of carbonyl (C=O) groups is 5. The van der Waals surface area contributed by atoms with Gasteiger partial charge in [0.2, 0.25) is 5.91 Å². The largest absolute Gasteiger partial charge is 0.453 e. The molecule has 1 aliphatic heterocycles. The first-order valence-corrected chi connectivity index (χ1v) is 11.0. The van der Waals surface area contributed by atoms with Gasteiger partial charge in [-0.15, -0.1) is 0 Å². The maximum atomic E-state index is 13.2. The van der Waals surface area contributed by atoms with Crippen molar-refractivity contribution < 1.29 is 43.3 Å². The Morgan fingerprint density at radius 3 is 2.33 bits per heavy atom. The number of carbonyl (C=O) groups excluding carboxylic acids is 5. The van der Waals surface area contributed by atoms with E-state index in [1.165, 1.54) is 6.92 Å². The van der Waals surface area contributed by atoms with E-state index in [0.717, 1.165) is 24.0 Å². The average molecular weight is 470 g/mol. The summed E-state index contributed by atoms with van der Waals surface area (Å²) in [5.41, 5.74) is -0.922. The Morgan fingerprint density at radius 1 is 1.15 bits per heavy atom. The summed E-state index contributed by atoms with van der Waals surface area (Å²) < 4.78 is 15.5. The van der Waals surface area contributed by atoms with Crippen LogP contribution in [-0.2, 0) is 33.4 Å². The Labute approximate surface area is 194 Å². The molecule has 3 unspecified atom stereocenters. The van der Waals surface area contributed by atoms with Crippen molar-refractivity contribution in [3.8, 4) is 0 Å². The topological polar surface area (TPSA) is 137 Å². The fourth-order valence-corrected chi connectivity index (χ4v) is 3.89. The van der Waals surface area contributed by atoms with Crippen molar-refractivity contribution >= 4 is 29.5 Å². The zero-order chi connectivity index (χ0) is 25.3. The number of nitrogens with zero attached hydrogens (tertiary/aromatic N) is 1. The normalized spacial score (nSPS) is 19.5. The van der Waals surface area contributed by atoms with Crippen molar-refractivity contribution in [2.75, 3.05) is 19.8 Å². The van der Waals surface area contributed by atoms with Crippen molar-refractivity contribution in [3.05, 3.63) is 12.2 Å². The van der Waals surface area contributed by atoms with Crippen molar-refractivity contribution in [1.82, 2.24) is 4.90 Å². The number of hydrogen-bond acceptors (Lipinski definition) is 9. The van der Waals surface area contributed by atoms with Crippen LogP contribution in [-0.4, -0.2) is 77.1 Å². The number of cyclic esters (lactones) is 1. The lowest BCUT2D eigenvalue weighted by Crippen LogP contribution is -2.52. The van der Waals surface area contributed by atoms with Gasteiger partial charge in [0.05, 0.1) is 25.2 Å². The average Bonchev–Trinajstić information content (AvgIpc) is 2.97. The Bertz CT molecular complexity index is 772. The van der Waals surface area contributed by atoms with Crippen LogP contribution in [0.25, 0.3) is 0 Å². The highest BCUT2D eigenvalue weighted by molar-refractivity contribution is 6.04. The van der Waals surface area contributed by atoms with Crippen molar-refractivity contribution in [3.63, 3.8) is 0 Å². The van der Waals surface area contributed by atoms with Crippen LogP contribution in [0.4, 0.5) is 4.79 Å². The molecule has 0 spiro atoms. The molecule has 186 valence electrons. The molecule has 0 saturated carbocycles. The Kier molecular flexibility index (Phi) is 10.9. The maximum Gasteiger partial charge on any atom is 0.417 e. The molecule has 0 radical (unpaired) electrons. The SMILES string of the molecule is CC(=O)OC(C(=O)C=CC(=O)CCCOCCO)C(C)C(=O)N1C(=O)OC(C)(C)C1C(C)C. The Hall–Kier alpha value is -2.59. The lowest BCUT2D eigenvalue weighted by atomic mass is 9.87. The highest BCUT2D eigenvalue weighted by atomic mass is 16.6. The molecular formula is C23H35NO9. The minimum atomic E-state index is -1.50. The lowest BCUT2D eigenvalue weighted by Gasteiger charge is -2.33. The predicted molar refractivity (Wildman–Crippen MR) is 117 cm³/mol. The van der Waals surface area contributed by atoms with Crippen LogP contribution in [0.5, 0.6) is 0 Å². The molecule has 3 atom stereocenters. The molecule has 1 aliphatic rings. The zero-order valence-corrected chi connectivity index (χ0v) is 20.2. The molecular weight excluding hydrogens is 434 g/mol. The summed E-state index contributed by atoms with van der Waals surface area (Å²) in [6.07, 6.45) is 0.234. The molecule has 0 aromatic carbocycles. The number of imide groups is 1. The minimum absolute atomic E-state index is 0.110. The summed E-state index contributed by atoms with van der Waals surface area (Å²) in [5.74, 6) is -3.88. The molecule has 10 nitrogen and oxygen atoms in total. The van der Waals surface area contributed by atoms with Crippen molar-refractivity contribution in [2.24, 2.45) is 11.8 Å². The summed E-state index contributed by atoms with van der Waals surface area (Å²) in [7, 11) is 0. The van der Waals surface area contributed by atoms with Gasteiger partial charge in [0.1, 0.15) is 5.60 Å². The van der Waals surface area contributed by atoms with E-state index in [9.17, 15) is 24.0 Å². The minimum Gasteiger partial charge on any atom is -0.453 e. The predicted octanol–water partition coefficient (Wildman–Crippen LogP) is 1.82. The van der Waals surface area contributed by atoms with Crippen LogP contribution in [0.1, 0.15) is 54.4 Å². The summed E-state index contributed by atoms with van der Waals surface area (Å²) in [5, 5.41) is 8.64. The van der Waals surface area contributed by atoms with E-state index in [4.69, 9.17) is 19.3 Å². The second-order valence-electron chi connectivity index (χ2n) is 8.83. The van der Waals surface area contributed by atoms with Gasteiger partial charge >= 0.3 is 12.1 Å². The third-order valence-corrected chi connectivity index (χ3v) is 5.20. The molecule has 0 aromatic rings. The van der Waals surface area contributed by atoms with Gasteiger partial charge < -0.3 is 19.3 Å². The number of ketones is 2. The van der Waals surface area contributed by atoms with Gasteiger partial charge in [-0.1, -0.05) is 13.8 Å². The van der Waals surface area contributed by atoms with Gasteiger partial charge in [-0.05, 0) is 45.3 Å². The highest BCUT2D eigenvalue weighted by Crippen LogP contribution is 2.35. The van der Waals surface area contributed by atoms with E-state index in [2.05, 4.69) is 0 Å². The Morgan fingerprint density at radius 2 is 1.79 bits per heavy atom. The van der Waals surface area contributed by atoms with Gasteiger partial charge in [0, 0.05) is 20.0 Å². The molecule has 2 amide bonds. The first kappa shape index (κ1) is 28.4. The van der Waals surface area contributed by atoms with Crippen LogP contribution in [0.3, 0.4) is 0 Å². The maximum absolute atomic E-state index is 13.2. The molecule has 1 rings (SSSR count). The lowest BCUT2D eigenvalue weighted by molar-refractivity contribution is -0.158. The van der Waals surface area contributed by atoms with Gasteiger partial charge in [-0.3, -0.25) is 19.2 Å². The fraction of sp³-hybridized carbons (Fsp3) is 0.696. The number of allylic oxidation sites excluding steroid dienone is 1. The van der Waals surface area contributed by atoms with Gasteiger partial charge in [0.15, 0.2) is 17.7 Å². The number of hydrogen-bond donors (Lipinski definition) is 1. The molecule has 1 saturated heterocycles. The van der Waals surface area contributed by atoms with E-state index in [1.807, 2.05) is 13.8 Å². The van der Waals surface area contributed by atoms with E-state index in [1.54, 1.807) is 13.8 Å². The number of aliphatic hydroxyl groups is 1. The molecule has 0 aliphatic carbocycles. The van der Waals surface area contributed by atoms with Crippen LogP contribution < -0.4 is 0 Å². The van der Waals surface area contributed by atoms with Crippen LogP contribution in [0.2, 0.25) is 0 Å². The molecule has 33 heavy (non-hydrogen) atoms. The van der Waals surface area contributed by atoms with Gasteiger partial charge in [0.25, 0.3) is 0 Å². The van der Waals surface area contributed by atoms with Crippen LogP contribution in [0.15, 0.2) is 12.2 Å².